The normalized spacial score (nSPS) is 10.6. The van der Waals surface area contributed by atoms with Crippen LogP contribution in [0.15, 0.2) is 52.9 Å². The number of hydrogen-bond acceptors (Lipinski definition) is 5. The highest BCUT2D eigenvalue weighted by Crippen LogP contribution is 2.18. The average Bonchev–Trinajstić information content (AvgIpc) is 3.14. The van der Waals surface area contributed by atoms with Crippen molar-refractivity contribution in [3.8, 4) is 11.5 Å². The van der Waals surface area contributed by atoms with E-state index < -0.39 is 0 Å². The Morgan fingerprint density at radius 3 is 2.41 bits per heavy atom. The predicted molar refractivity (Wildman–Crippen MR) is 105 cm³/mol. The molecule has 0 aliphatic carbocycles. The van der Waals surface area contributed by atoms with Gasteiger partial charge in [0.05, 0.1) is 0 Å². The summed E-state index contributed by atoms with van der Waals surface area (Å²) < 4.78 is 5.65. The van der Waals surface area contributed by atoms with Gasteiger partial charge in [0.15, 0.2) is 0 Å². The molecule has 0 fully saturated rings. The summed E-state index contributed by atoms with van der Waals surface area (Å²) in [6.07, 6.45) is 0.732. The lowest BCUT2D eigenvalue weighted by atomic mass is 10.1. The largest absolute Gasteiger partial charge is 0.421 e. The molecule has 3 rings (SSSR count). The van der Waals surface area contributed by atoms with Gasteiger partial charge in [0, 0.05) is 44.7 Å². The first-order valence-electron chi connectivity index (χ1n) is 8.93. The summed E-state index contributed by atoms with van der Waals surface area (Å²) in [5.74, 6) is 0.907. The quantitative estimate of drug-likeness (QED) is 0.696. The van der Waals surface area contributed by atoms with E-state index in [0.29, 0.717) is 31.2 Å². The van der Waals surface area contributed by atoms with Crippen molar-refractivity contribution in [3.63, 3.8) is 0 Å². The van der Waals surface area contributed by atoms with Crippen LogP contribution in [0.3, 0.4) is 0 Å². The van der Waals surface area contributed by atoms with Crippen molar-refractivity contribution in [3.05, 3.63) is 65.5 Å². The zero-order valence-corrected chi connectivity index (χ0v) is 15.9. The van der Waals surface area contributed by atoms with Crippen molar-refractivity contribution >= 4 is 11.6 Å². The van der Waals surface area contributed by atoms with E-state index in [-0.39, 0.29) is 5.91 Å². The van der Waals surface area contributed by atoms with Crippen molar-refractivity contribution < 1.29 is 9.21 Å². The van der Waals surface area contributed by atoms with Crippen LogP contribution in [0.1, 0.15) is 23.4 Å². The molecule has 0 aliphatic heterocycles. The van der Waals surface area contributed by atoms with Crippen LogP contribution in [0, 0.1) is 6.92 Å². The molecular formula is C21H24N4O2. The molecule has 3 aromatic rings. The number of nitrogens with zero attached hydrogens (tertiary/aromatic N) is 3. The standard InChI is InChI=1S/C21H24N4O2/c1-15-4-8-17(9-5-15)21-24-23-20(27-21)13-12-19(26)22-14-16-6-10-18(11-7-16)25(2)3/h4-11H,12-14H2,1-3H3,(H,22,26). The third-order valence-corrected chi connectivity index (χ3v) is 4.27. The van der Waals surface area contributed by atoms with Crippen molar-refractivity contribution in [2.75, 3.05) is 19.0 Å². The van der Waals surface area contributed by atoms with E-state index in [1.54, 1.807) is 0 Å². The van der Waals surface area contributed by atoms with E-state index >= 15 is 0 Å². The molecule has 0 spiro atoms. The molecule has 0 atom stereocenters. The highest BCUT2D eigenvalue weighted by Gasteiger charge is 2.10. The van der Waals surface area contributed by atoms with Gasteiger partial charge in [0.2, 0.25) is 17.7 Å². The molecule has 0 saturated heterocycles. The van der Waals surface area contributed by atoms with Crippen LogP contribution < -0.4 is 10.2 Å². The zero-order valence-electron chi connectivity index (χ0n) is 15.9. The monoisotopic (exact) mass is 364 g/mol. The minimum absolute atomic E-state index is 0.0400. The number of nitrogens with one attached hydrogen (secondary N) is 1. The molecule has 6 heteroatoms. The maximum atomic E-state index is 12.1. The molecule has 0 radical (unpaired) electrons. The van der Waals surface area contributed by atoms with Gasteiger partial charge < -0.3 is 14.6 Å². The van der Waals surface area contributed by atoms with E-state index in [9.17, 15) is 4.79 Å². The number of benzene rings is 2. The first kappa shape index (κ1) is 18.6. The van der Waals surface area contributed by atoms with Crippen LogP contribution >= 0.6 is 0 Å². The van der Waals surface area contributed by atoms with Gasteiger partial charge in [-0.25, -0.2) is 0 Å². The Balaban J connectivity index is 1.47. The highest BCUT2D eigenvalue weighted by molar-refractivity contribution is 5.76. The van der Waals surface area contributed by atoms with Gasteiger partial charge in [0.25, 0.3) is 0 Å². The summed E-state index contributed by atoms with van der Waals surface area (Å²) in [4.78, 5) is 14.1. The van der Waals surface area contributed by atoms with Crippen LogP contribution in [0.25, 0.3) is 11.5 Å². The summed E-state index contributed by atoms with van der Waals surface area (Å²) >= 11 is 0. The van der Waals surface area contributed by atoms with Gasteiger partial charge in [-0.05, 0) is 36.8 Å². The summed E-state index contributed by atoms with van der Waals surface area (Å²) in [5, 5.41) is 11.0. The second kappa shape index (κ2) is 8.49. The van der Waals surface area contributed by atoms with Gasteiger partial charge in [-0.2, -0.15) is 0 Å². The first-order valence-corrected chi connectivity index (χ1v) is 8.93. The molecule has 0 unspecified atom stereocenters. The number of anilines is 1. The molecular weight excluding hydrogens is 340 g/mol. The van der Waals surface area contributed by atoms with Crippen molar-refractivity contribution in [2.24, 2.45) is 0 Å². The fourth-order valence-corrected chi connectivity index (χ4v) is 2.59. The molecule has 27 heavy (non-hydrogen) atoms. The highest BCUT2D eigenvalue weighted by atomic mass is 16.4. The molecule has 6 nitrogen and oxygen atoms in total. The maximum Gasteiger partial charge on any atom is 0.247 e. The van der Waals surface area contributed by atoms with Gasteiger partial charge in [-0.1, -0.05) is 29.8 Å². The maximum absolute atomic E-state index is 12.1. The third kappa shape index (κ3) is 5.17. The Kier molecular flexibility index (Phi) is 5.86. The molecule has 2 aromatic carbocycles. The van der Waals surface area contributed by atoms with Gasteiger partial charge in [0.1, 0.15) is 0 Å². The molecule has 0 bridgehead atoms. The molecule has 0 aliphatic rings. The van der Waals surface area contributed by atoms with Crippen molar-refractivity contribution in [1.29, 1.82) is 0 Å². The Bertz CT molecular complexity index is 883. The predicted octanol–water partition coefficient (Wildman–Crippen LogP) is 3.36. The zero-order chi connectivity index (χ0) is 19.2. The second-order valence-electron chi connectivity index (χ2n) is 6.70. The van der Waals surface area contributed by atoms with Gasteiger partial charge >= 0.3 is 0 Å². The Labute approximate surface area is 159 Å². The molecule has 0 saturated carbocycles. The van der Waals surface area contributed by atoms with Crippen LogP contribution in [-0.4, -0.2) is 30.2 Å². The van der Waals surface area contributed by atoms with E-state index in [4.69, 9.17) is 4.42 Å². The molecule has 1 amide bonds. The van der Waals surface area contributed by atoms with Crippen molar-refractivity contribution in [2.45, 2.75) is 26.3 Å². The second-order valence-corrected chi connectivity index (χ2v) is 6.70. The van der Waals surface area contributed by atoms with Gasteiger partial charge in [-0.15, -0.1) is 10.2 Å². The van der Waals surface area contributed by atoms with E-state index in [0.717, 1.165) is 16.8 Å². The lowest BCUT2D eigenvalue weighted by molar-refractivity contribution is -0.121. The Hall–Kier alpha value is -3.15. The third-order valence-electron chi connectivity index (χ3n) is 4.27. The van der Waals surface area contributed by atoms with Crippen LogP contribution in [0.2, 0.25) is 0 Å². The number of amides is 1. The first-order chi connectivity index (χ1) is 13.0. The molecule has 1 N–H and O–H groups in total. The number of carbonyl (C=O) groups is 1. The van der Waals surface area contributed by atoms with Crippen molar-refractivity contribution in [1.82, 2.24) is 15.5 Å². The van der Waals surface area contributed by atoms with Crippen LogP contribution in [0.5, 0.6) is 0 Å². The number of hydrogen-bond donors (Lipinski definition) is 1. The minimum atomic E-state index is -0.0400. The minimum Gasteiger partial charge on any atom is -0.421 e. The SMILES string of the molecule is Cc1ccc(-c2nnc(CCC(=O)NCc3ccc(N(C)C)cc3)o2)cc1. The van der Waals surface area contributed by atoms with Gasteiger partial charge in [-0.3, -0.25) is 4.79 Å². The van der Waals surface area contributed by atoms with E-state index in [2.05, 4.69) is 15.5 Å². The fourth-order valence-electron chi connectivity index (χ4n) is 2.59. The number of rotatable bonds is 7. The number of carbonyl (C=O) groups excluding carboxylic acids is 1. The van der Waals surface area contributed by atoms with E-state index in [1.165, 1.54) is 5.56 Å². The summed E-state index contributed by atoms with van der Waals surface area (Å²) in [6, 6.07) is 16.0. The Morgan fingerprint density at radius 1 is 1.04 bits per heavy atom. The summed E-state index contributed by atoms with van der Waals surface area (Å²) in [7, 11) is 4.00. The average molecular weight is 364 g/mol. The number of aromatic nitrogens is 2. The van der Waals surface area contributed by atoms with Crippen LogP contribution in [0.4, 0.5) is 5.69 Å². The smallest absolute Gasteiger partial charge is 0.247 e. The lowest BCUT2D eigenvalue weighted by Crippen LogP contribution is -2.23. The number of aryl methyl sites for hydroxylation is 2. The lowest BCUT2D eigenvalue weighted by Gasteiger charge is -2.12. The van der Waals surface area contributed by atoms with Crippen LogP contribution in [-0.2, 0) is 17.8 Å². The Morgan fingerprint density at radius 2 is 1.74 bits per heavy atom. The summed E-state index contributed by atoms with van der Waals surface area (Å²) in [6.45, 7) is 2.53. The molecule has 1 aromatic heterocycles. The fraction of sp³-hybridized carbons (Fsp3) is 0.286. The molecule has 140 valence electrons. The summed E-state index contributed by atoms with van der Waals surface area (Å²) in [5.41, 5.74) is 4.25. The topological polar surface area (TPSA) is 71.3 Å². The van der Waals surface area contributed by atoms with E-state index in [1.807, 2.05) is 74.4 Å². The molecule has 1 heterocycles.